The second kappa shape index (κ2) is 5.13. The molecule has 0 bridgehead atoms. The monoisotopic (exact) mass is 252 g/mol. The summed E-state index contributed by atoms with van der Waals surface area (Å²) in [7, 11) is 1.85. The van der Waals surface area contributed by atoms with Crippen molar-refractivity contribution in [2.45, 2.75) is 70.0 Å². The van der Waals surface area contributed by atoms with Crippen LogP contribution in [0.4, 0.5) is 0 Å². The Morgan fingerprint density at radius 3 is 2.83 bits per heavy atom. The highest BCUT2D eigenvalue weighted by atomic mass is 16.6. The van der Waals surface area contributed by atoms with E-state index in [0.717, 1.165) is 30.8 Å². The molecule has 5 unspecified atom stereocenters. The second-order valence-corrected chi connectivity index (χ2v) is 6.73. The van der Waals surface area contributed by atoms with Crippen molar-refractivity contribution in [1.29, 1.82) is 0 Å². The summed E-state index contributed by atoms with van der Waals surface area (Å²) in [6.07, 6.45) is 11.4. The fraction of sp³-hybridized carbons (Fsp3) is 1.00. The van der Waals surface area contributed by atoms with E-state index in [0.29, 0.717) is 11.7 Å². The molecule has 2 aliphatic carbocycles. The van der Waals surface area contributed by atoms with Crippen LogP contribution in [0, 0.1) is 17.8 Å². The smallest absolute Gasteiger partial charge is 0.0952 e. The predicted octanol–water partition coefficient (Wildman–Crippen LogP) is 3.79. The Morgan fingerprint density at radius 2 is 2.17 bits per heavy atom. The van der Waals surface area contributed by atoms with Crippen LogP contribution in [-0.2, 0) is 9.47 Å². The van der Waals surface area contributed by atoms with Crippen LogP contribution >= 0.6 is 0 Å². The fourth-order valence-corrected chi connectivity index (χ4v) is 4.67. The summed E-state index contributed by atoms with van der Waals surface area (Å²) in [6, 6.07) is 0. The van der Waals surface area contributed by atoms with Gasteiger partial charge in [-0.15, -0.1) is 0 Å². The molecular formula is C16H28O2. The van der Waals surface area contributed by atoms with Gasteiger partial charge in [-0.3, -0.25) is 0 Å². The van der Waals surface area contributed by atoms with Crippen LogP contribution in [0.15, 0.2) is 0 Å². The van der Waals surface area contributed by atoms with Crippen molar-refractivity contribution in [3.05, 3.63) is 0 Å². The lowest BCUT2D eigenvalue weighted by molar-refractivity contribution is 0.0232. The quantitative estimate of drug-likeness (QED) is 0.508. The van der Waals surface area contributed by atoms with Crippen molar-refractivity contribution in [2.24, 2.45) is 17.8 Å². The first kappa shape index (κ1) is 12.9. The van der Waals surface area contributed by atoms with E-state index in [1.54, 1.807) is 0 Å². The molecule has 104 valence electrons. The van der Waals surface area contributed by atoms with E-state index >= 15 is 0 Å². The Labute approximate surface area is 111 Å². The molecule has 0 amide bonds. The van der Waals surface area contributed by atoms with Gasteiger partial charge in [0.2, 0.25) is 0 Å². The number of hydrogen-bond acceptors (Lipinski definition) is 2. The van der Waals surface area contributed by atoms with E-state index in [2.05, 4.69) is 6.92 Å². The highest BCUT2D eigenvalue weighted by Gasteiger charge is 2.66. The minimum absolute atomic E-state index is 0.407. The Balaban J connectivity index is 1.36. The zero-order valence-corrected chi connectivity index (χ0v) is 12.0. The van der Waals surface area contributed by atoms with Gasteiger partial charge in [-0.1, -0.05) is 26.2 Å². The van der Waals surface area contributed by atoms with Crippen LogP contribution in [0.1, 0.15) is 58.3 Å². The van der Waals surface area contributed by atoms with E-state index in [9.17, 15) is 0 Å². The maximum atomic E-state index is 5.74. The van der Waals surface area contributed by atoms with Crippen molar-refractivity contribution in [3.8, 4) is 0 Å². The average molecular weight is 252 g/mol. The summed E-state index contributed by atoms with van der Waals surface area (Å²) in [5.74, 6) is 2.95. The summed E-state index contributed by atoms with van der Waals surface area (Å²) in [5, 5.41) is 0. The molecule has 0 aromatic carbocycles. The molecule has 1 saturated heterocycles. The molecule has 2 heteroatoms. The first-order valence-electron chi connectivity index (χ1n) is 7.96. The summed E-state index contributed by atoms with van der Waals surface area (Å²) in [5.41, 5.74) is 0.407. The van der Waals surface area contributed by atoms with Crippen LogP contribution < -0.4 is 0 Å². The zero-order chi connectivity index (χ0) is 12.6. The number of hydrogen-bond donors (Lipinski definition) is 0. The van der Waals surface area contributed by atoms with Gasteiger partial charge in [-0.2, -0.15) is 0 Å². The highest BCUT2D eigenvalue weighted by Crippen LogP contribution is 2.64. The van der Waals surface area contributed by atoms with Crippen molar-refractivity contribution in [1.82, 2.24) is 0 Å². The van der Waals surface area contributed by atoms with Gasteiger partial charge >= 0.3 is 0 Å². The topological polar surface area (TPSA) is 21.8 Å². The third-order valence-corrected chi connectivity index (χ3v) is 5.79. The SMILES string of the molecule is CCC(CCCCC1CCC2CC3(CO3)C12)OC. The Hall–Kier alpha value is -0.0800. The van der Waals surface area contributed by atoms with Crippen LogP contribution in [0.25, 0.3) is 0 Å². The van der Waals surface area contributed by atoms with Gasteiger partial charge in [0.1, 0.15) is 0 Å². The van der Waals surface area contributed by atoms with Crippen molar-refractivity contribution in [3.63, 3.8) is 0 Å². The molecule has 2 saturated carbocycles. The third-order valence-electron chi connectivity index (χ3n) is 5.79. The summed E-state index contributed by atoms with van der Waals surface area (Å²) >= 11 is 0. The van der Waals surface area contributed by atoms with Crippen LogP contribution in [0.3, 0.4) is 0 Å². The van der Waals surface area contributed by atoms with Gasteiger partial charge in [-0.25, -0.2) is 0 Å². The molecule has 0 aromatic rings. The lowest BCUT2D eigenvalue weighted by atomic mass is 9.63. The van der Waals surface area contributed by atoms with Gasteiger partial charge in [0.15, 0.2) is 0 Å². The van der Waals surface area contributed by atoms with E-state index in [1.807, 2.05) is 7.11 Å². The largest absolute Gasteiger partial charge is 0.381 e. The molecule has 0 N–H and O–H groups in total. The number of ether oxygens (including phenoxy) is 2. The van der Waals surface area contributed by atoms with Crippen LogP contribution in [0.2, 0.25) is 0 Å². The molecule has 3 rings (SSSR count). The molecule has 3 aliphatic rings. The van der Waals surface area contributed by atoms with Crippen LogP contribution in [0.5, 0.6) is 0 Å². The number of epoxide rings is 1. The van der Waals surface area contributed by atoms with Crippen molar-refractivity contribution < 1.29 is 9.47 Å². The first-order valence-corrected chi connectivity index (χ1v) is 7.96. The zero-order valence-electron chi connectivity index (χ0n) is 12.0. The van der Waals surface area contributed by atoms with E-state index in [4.69, 9.17) is 9.47 Å². The summed E-state index contributed by atoms with van der Waals surface area (Å²) in [6.45, 7) is 3.30. The first-order chi connectivity index (χ1) is 8.79. The third kappa shape index (κ3) is 2.22. The van der Waals surface area contributed by atoms with Crippen molar-refractivity contribution >= 4 is 0 Å². The summed E-state index contributed by atoms with van der Waals surface area (Å²) in [4.78, 5) is 0. The van der Waals surface area contributed by atoms with Gasteiger partial charge in [0.25, 0.3) is 0 Å². The van der Waals surface area contributed by atoms with Gasteiger partial charge in [0.05, 0.1) is 18.3 Å². The molecule has 0 radical (unpaired) electrons. The van der Waals surface area contributed by atoms with E-state index < -0.39 is 0 Å². The maximum absolute atomic E-state index is 5.74. The molecule has 1 aliphatic heterocycles. The number of unbranched alkanes of at least 4 members (excludes halogenated alkanes) is 1. The highest BCUT2D eigenvalue weighted by molar-refractivity contribution is 5.15. The molecule has 3 fully saturated rings. The molecule has 0 aromatic heterocycles. The standard InChI is InChI=1S/C16H28O2/c1-3-14(17-2)7-5-4-6-12-8-9-13-10-16(11-18-16)15(12)13/h12-15H,3-11H2,1-2H3. The molecule has 5 atom stereocenters. The average Bonchev–Trinajstić information content (AvgIpc) is 3.10. The Bertz CT molecular complexity index is 281. The Kier molecular flexibility index (Phi) is 3.68. The maximum Gasteiger partial charge on any atom is 0.0952 e. The van der Waals surface area contributed by atoms with E-state index in [1.165, 1.54) is 44.9 Å². The normalized spacial score (nSPS) is 42.7. The van der Waals surface area contributed by atoms with Gasteiger partial charge < -0.3 is 9.47 Å². The number of fused-ring (bicyclic) bond motifs is 2. The second-order valence-electron chi connectivity index (χ2n) is 6.73. The lowest BCUT2D eigenvalue weighted by Gasteiger charge is -2.41. The minimum atomic E-state index is 0.407. The number of methoxy groups -OCH3 is 1. The lowest BCUT2D eigenvalue weighted by Crippen LogP contribution is -2.44. The minimum Gasteiger partial charge on any atom is -0.381 e. The predicted molar refractivity (Wildman–Crippen MR) is 72.6 cm³/mol. The molecule has 18 heavy (non-hydrogen) atoms. The molecule has 1 heterocycles. The summed E-state index contributed by atoms with van der Waals surface area (Å²) < 4.78 is 11.2. The number of rotatable bonds is 7. The van der Waals surface area contributed by atoms with Gasteiger partial charge in [-0.05, 0) is 49.9 Å². The molecule has 2 nitrogen and oxygen atoms in total. The Morgan fingerprint density at radius 1 is 1.33 bits per heavy atom. The van der Waals surface area contributed by atoms with Gasteiger partial charge in [0, 0.05) is 7.11 Å². The molecular weight excluding hydrogens is 224 g/mol. The van der Waals surface area contributed by atoms with Crippen LogP contribution in [-0.4, -0.2) is 25.4 Å². The molecule has 1 spiro atoms. The van der Waals surface area contributed by atoms with E-state index in [-0.39, 0.29) is 0 Å². The fourth-order valence-electron chi connectivity index (χ4n) is 4.67. The van der Waals surface area contributed by atoms with Crippen molar-refractivity contribution in [2.75, 3.05) is 13.7 Å².